The highest BCUT2D eigenvalue weighted by atomic mass is 32.2. The molecule has 1 aliphatic carbocycles. The Kier molecular flexibility index (Phi) is 5.75. The lowest BCUT2D eigenvalue weighted by Gasteiger charge is -2.36. The standard InChI is InChI=1S/C16H24F2N2O2S/c1-20(2)15(10-13-6-4-3-5-7-13)11-19-23(21,22)12-14-8-9-16(14,17)18/h3-7,14-15,19H,8-12H2,1-2H3. The monoisotopic (exact) mass is 346 g/mol. The molecule has 0 spiro atoms. The maximum Gasteiger partial charge on any atom is 0.251 e. The van der Waals surface area contributed by atoms with Crippen LogP contribution in [0.15, 0.2) is 30.3 Å². The minimum absolute atomic E-state index is 0.0333. The van der Waals surface area contributed by atoms with Crippen LogP contribution in [0, 0.1) is 5.92 Å². The van der Waals surface area contributed by atoms with E-state index in [0.29, 0.717) is 6.42 Å². The molecule has 1 aliphatic rings. The Morgan fingerprint density at radius 1 is 1.30 bits per heavy atom. The van der Waals surface area contributed by atoms with E-state index in [0.717, 1.165) is 5.56 Å². The van der Waals surface area contributed by atoms with E-state index in [2.05, 4.69) is 4.72 Å². The number of benzene rings is 1. The van der Waals surface area contributed by atoms with Crippen molar-refractivity contribution < 1.29 is 17.2 Å². The van der Waals surface area contributed by atoms with E-state index in [1.807, 2.05) is 49.3 Å². The van der Waals surface area contributed by atoms with Gasteiger partial charge < -0.3 is 4.90 Å². The fraction of sp³-hybridized carbons (Fsp3) is 0.625. The van der Waals surface area contributed by atoms with Gasteiger partial charge in [-0.15, -0.1) is 0 Å². The fourth-order valence-corrected chi connectivity index (χ4v) is 4.15. The minimum Gasteiger partial charge on any atom is -0.305 e. The zero-order valence-corrected chi connectivity index (χ0v) is 14.3. The molecule has 0 aliphatic heterocycles. The molecule has 0 heterocycles. The third-order valence-corrected chi connectivity index (χ3v) is 5.88. The molecule has 7 heteroatoms. The van der Waals surface area contributed by atoms with Crippen molar-refractivity contribution in [3.8, 4) is 0 Å². The first-order chi connectivity index (χ1) is 10.7. The molecule has 130 valence electrons. The van der Waals surface area contributed by atoms with Gasteiger partial charge in [0.2, 0.25) is 10.0 Å². The van der Waals surface area contributed by atoms with Gasteiger partial charge in [-0.25, -0.2) is 21.9 Å². The third-order valence-electron chi connectivity index (χ3n) is 4.43. The zero-order valence-electron chi connectivity index (χ0n) is 13.5. The number of nitrogens with zero attached hydrogens (tertiary/aromatic N) is 1. The van der Waals surface area contributed by atoms with Crippen LogP contribution in [-0.4, -0.2) is 51.7 Å². The van der Waals surface area contributed by atoms with Gasteiger partial charge in [0.1, 0.15) is 0 Å². The topological polar surface area (TPSA) is 49.4 Å². The lowest BCUT2D eigenvalue weighted by Crippen LogP contribution is -2.47. The molecule has 0 radical (unpaired) electrons. The Hall–Kier alpha value is -1.05. The van der Waals surface area contributed by atoms with Crippen LogP contribution in [0.1, 0.15) is 18.4 Å². The van der Waals surface area contributed by atoms with Crippen molar-refractivity contribution in [2.24, 2.45) is 5.92 Å². The largest absolute Gasteiger partial charge is 0.305 e. The first-order valence-corrected chi connectivity index (χ1v) is 9.40. The number of alkyl halides is 2. The molecule has 2 rings (SSSR count). The molecule has 1 aromatic carbocycles. The summed E-state index contributed by atoms with van der Waals surface area (Å²) in [4.78, 5) is 1.94. The number of likely N-dealkylation sites (N-methyl/N-ethyl adjacent to an activating group) is 1. The Balaban J connectivity index is 1.90. The van der Waals surface area contributed by atoms with Crippen molar-refractivity contribution in [1.29, 1.82) is 0 Å². The molecular formula is C16H24F2N2O2S. The summed E-state index contributed by atoms with van der Waals surface area (Å²) >= 11 is 0. The van der Waals surface area contributed by atoms with Crippen molar-refractivity contribution in [2.75, 3.05) is 26.4 Å². The minimum atomic E-state index is -3.69. The summed E-state index contributed by atoms with van der Waals surface area (Å²) in [6.07, 6.45) is 0.756. The maximum atomic E-state index is 13.2. The summed E-state index contributed by atoms with van der Waals surface area (Å²) in [5.41, 5.74) is 1.11. The van der Waals surface area contributed by atoms with E-state index in [1.165, 1.54) is 0 Å². The van der Waals surface area contributed by atoms with Crippen LogP contribution < -0.4 is 4.72 Å². The summed E-state index contributed by atoms with van der Waals surface area (Å²) in [6.45, 7) is 0.211. The van der Waals surface area contributed by atoms with Gasteiger partial charge in [-0.2, -0.15) is 0 Å². The summed E-state index contributed by atoms with van der Waals surface area (Å²) in [5, 5.41) is 0. The van der Waals surface area contributed by atoms with Crippen LogP contribution in [0.3, 0.4) is 0 Å². The van der Waals surface area contributed by atoms with Crippen molar-refractivity contribution in [2.45, 2.75) is 31.2 Å². The summed E-state index contributed by atoms with van der Waals surface area (Å²) in [5.74, 6) is -4.38. The van der Waals surface area contributed by atoms with Gasteiger partial charge in [0.05, 0.1) is 5.75 Å². The fourth-order valence-electron chi connectivity index (χ4n) is 2.64. The maximum absolute atomic E-state index is 13.2. The predicted molar refractivity (Wildman–Crippen MR) is 87.1 cm³/mol. The smallest absolute Gasteiger partial charge is 0.251 e. The lowest BCUT2D eigenvalue weighted by molar-refractivity contribution is -0.122. The van der Waals surface area contributed by atoms with Crippen LogP contribution in [0.2, 0.25) is 0 Å². The number of sulfonamides is 1. The van der Waals surface area contributed by atoms with Crippen LogP contribution >= 0.6 is 0 Å². The second kappa shape index (κ2) is 7.23. The van der Waals surface area contributed by atoms with Gasteiger partial charge >= 0.3 is 0 Å². The molecule has 1 fully saturated rings. The Morgan fingerprint density at radius 3 is 2.43 bits per heavy atom. The highest BCUT2D eigenvalue weighted by molar-refractivity contribution is 7.89. The van der Waals surface area contributed by atoms with Crippen molar-refractivity contribution in [3.63, 3.8) is 0 Å². The summed E-state index contributed by atoms with van der Waals surface area (Å²) in [6, 6.07) is 9.74. The first-order valence-electron chi connectivity index (χ1n) is 7.75. The SMILES string of the molecule is CN(C)C(CNS(=O)(=O)CC1CCC1(F)F)Cc1ccccc1. The molecule has 0 amide bonds. The van der Waals surface area contributed by atoms with Crippen molar-refractivity contribution >= 4 is 10.0 Å². The van der Waals surface area contributed by atoms with E-state index in [9.17, 15) is 17.2 Å². The number of rotatable bonds is 8. The number of halogens is 2. The van der Waals surface area contributed by atoms with Gasteiger partial charge in [0.25, 0.3) is 5.92 Å². The van der Waals surface area contributed by atoms with Gasteiger partial charge in [0.15, 0.2) is 0 Å². The second-order valence-electron chi connectivity index (χ2n) is 6.43. The van der Waals surface area contributed by atoms with E-state index < -0.39 is 27.6 Å². The van der Waals surface area contributed by atoms with E-state index in [-0.39, 0.29) is 25.4 Å². The van der Waals surface area contributed by atoms with Gasteiger partial charge in [-0.1, -0.05) is 30.3 Å². The van der Waals surface area contributed by atoms with Crippen LogP contribution in [0.5, 0.6) is 0 Å². The first kappa shape index (κ1) is 18.3. The van der Waals surface area contributed by atoms with Crippen molar-refractivity contribution in [1.82, 2.24) is 9.62 Å². The Morgan fingerprint density at radius 2 is 1.96 bits per heavy atom. The van der Waals surface area contributed by atoms with E-state index >= 15 is 0 Å². The highest BCUT2D eigenvalue weighted by Gasteiger charge is 2.49. The molecule has 4 nitrogen and oxygen atoms in total. The molecule has 23 heavy (non-hydrogen) atoms. The Bertz CT molecular complexity index is 606. The molecule has 0 aromatic heterocycles. The molecule has 1 aromatic rings. The van der Waals surface area contributed by atoms with Gasteiger partial charge in [-0.3, -0.25) is 0 Å². The average Bonchev–Trinajstić information content (AvgIpc) is 2.49. The molecule has 0 saturated heterocycles. The van der Waals surface area contributed by atoms with Crippen LogP contribution in [0.4, 0.5) is 8.78 Å². The summed E-state index contributed by atoms with van der Waals surface area (Å²) < 4.78 is 53.1. The van der Waals surface area contributed by atoms with Gasteiger partial charge in [-0.05, 0) is 32.5 Å². The van der Waals surface area contributed by atoms with E-state index in [1.54, 1.807) is 0 Å². The number of hydrogen-bond donors (Lipinski definition) is 1. The van der Waals surface area contributed by atoms with Crippen LogP contribution in [0.25, 0.3) is 0 Å². The molecular weight excluding hydrogens is 322 g/mol. The van der Waals surface area contributed by atoms with Crippen molar-refractivity contribution in [3.05, 3.63) is 35.9 Å². The molecule has 0 bridgehead atoms. The van der Waals surface area contributed by atoms with Gasteiger partial charge in [0, 0.05) is 24.9 Å². The average molecular weight is 346 g/mol. The number of nitrogens with one attached hydrogen (secondary N) is 1. The molecule has 1 saturated carbocycles. The molecule has 1 N–H and O–H groups in total. The highest BCUT2D eigenvalue weighted by Crippen LogP contribution is 2.43. The molecule has 2 unspecified atom stereocenters. The van der Waals surface area contributed by atoms with E-state index in [4.69, 9.17) is 0 Å². The molecule has 2 atom stereocenters. The van der Waals surface area contributed by atoms with Crippen LogP contribution in [-0.2, 0) is 16.4 Å². The normalized spacial score (nSPS) is 21.9. The quantitative estimate of drug-likeness (QED) is 0.784. The third kappa shape index (κ3) is 5.22. The second-order valence-corrected chi connectivity index (χ2v) is 8.29. The lowest BCUT2D eigenvalue weighted by atomic mass is 9.82. The summed E-state index contributed by atoms with van der Waals surface area (Å²) in [7, 11) is 0.0637. The predicted octanol–water partition coefficient (Wildman–Crippen LogP) is 2.12. The Labute approximate surface area is 136 Å². The number of hydrogen-bond acceptors (Lipinski definition) is 3. The zero-order chi connectivity index (χ0) is 17.1.